The molecule has 0 amide bonds. The average Bonchev–Trinajstić information content (AvgIpc) is 2.16. The first-order valence-corrected chi connectivity index (χ1v) is 4.74. The highest BCUT2D eigenvalue weighted by Crippen LogP contribution is 2.32. The molecule has 0 heteroatoms. The van der Waals surface area contributed by atoms with Crippen LogP contribution in [0.25, 0.3) is 0 Å². The van der Waals surface area contributed by atoms with Gasteiger partial charge in [-0.3, -0.25) is 0 Å². The molecule has 66 valence electrons. The van der Waals surface area contributed by atoms with Crippen LogP contribution in [0.2, 0.25) is 0 Å². The Morgan fingerprint density at radius 3 is 2.58 bits per heavy atom. The van der Waals surface area contributed by atoms with Crippen molar-refractivity contribution in [2.24, 2.45) is 11.8 Å². The molecule has 1 aliphatic rings. The summed E-state index contributed by atoms with van der Waals surface area (Å²) in [5.41, 5.74) is 1.58. The van der Waals surface area contributed by atoms with Gasteiger partial charge in [0.25, 0.3) is 0 Å². The fraction of sp³-hybridized carbons (Fsp3) is 0.500. The molecule has 0 saturated heterocycles. The van der Waals surface area contributed by atoms with Gasteiger partial charge in [-0.1, -0.05) is 30.7 Å². The summed E-state index contributed by atoms with van der Waals surface area (Å²) in [5.74, 6) is 1.25. The van der Waals surface area contributed by atoms with Crippen LogP contribution >= 0.6 is 0 Å². The molecule has 0 aromatic rings. The minimum absolute atomic E-state index is 0.623. The second-order valence-corrected chi connectivity index (χ2v) is 3.45. The van der Waals surface area contributed by atoms with Crippen LogP contribution in [0.1, 0.15) is 26.2 Å². The zero-order valence-corrected chi connectivity index (χ0v) is 7.92. The van der Waals surface area contributed by atoms with Gasteiger partial charge < -0.3 is 0 Å². The van der Waals surface area contributed by atoms with E-state index in [0.29, 0.717) is 11.8 Å². The topological polar surface area (TPSA) is 0 Å². The lowest BCUT2D eigenvalue weighted by molar-refractivity contribution is 0.448. The Balaban J connectivity index is 2.67. The molecule has 0 saturated carbocycles. The molecule has 12 heavy (non-hydrogen) atoms. The van der Waals surface area contributed by atoms with Crippen LogP contribution in [-0.2, 0) is 0 Å². The zero-order valence-electron chi connectivity index (χ0n) is 7.92. The quantitative estimate of drug-likeness (QED) is 0.555. The van der Waals surface area contributed by atoms with E-state index in [1.165, 1.54) is 12.8 Å². The molecule has 0 heterocycles. The highest BCUT2D eigenvalue weighted by atomic mass is 14.2. The van der Waals surface area contributed by atoms with Gasteiger partial charge in [0, 0.05) is 0 Å². The molecule has 0 spiro atoms. The van der Waals surface area contributed by atoms with Gasteiger partial charge in [-0.15, -0.1) is 13.2 Å². The fourth-order valence-corrected chi connectivity index (χ4v) is 1.83. The van der Waals surface area contributed by atoms with E-state index in [-0.39, 0.29) is 0 Å². The summed E-state index contributed by atoms with van der Waals surface area (Å²) in [7, 11) is 0. The summed E-state index contributed by atoms with van der Waals surface area (Å²) in [6.45, 7) is 9.96. The van der Waals surface area contributed by atoms with Crippen LogP contribution in [-0.4, -0.2) is 0 Å². The highest BCUT2D eigenvalue weighted by Gasteiger charge is 2.19. The van der Waals surface area contributed by atoms with Crippen molar-refractivity contribution < 1.29 is 0 Å². The summed E-state index contributed by atoms with van der Waals surface area (Å²) in [4.78, 5) is 0. The first-order valence-electron chi connectivity index (χ1n) is 4.74. The van der Waals surface area contributed by atoms with E-state index >= 15 is 0 Å². The molecule has 0 radical (unpaired) electrons. The largest absolute Gasteiger partial charge is 0.103 e. The van der Waals surface area contributed by atoms with Crippen molar-refractivity contribution in [2.45, 2.75) is 26.2 Å². The normalized spacial score (nSPS) is 29.2. The van der Waals surface area contributed by atoms with Gasteiger partial charge in [0.1, 0.15) is 0 Å². The molecule has 0 aromatic carbocycles. The Morgan fingerprint density at radius 1 is 1.42 bits per heavy atom. The maximum atomic E-state index is 3.88. The van der Waals surface area contributed by atoms with Crippen molar-refractivity contribution in [1.82, 2.24) is 0 Å². The minimum atomic E-state index is 0.623. The number of hydrogen-bond donors (Lipinski definition) is 0. The smallest absolute Gasteiger partial charge is 0.0133 e. The predicted octanol–water partition coefficient (Wildman–Crippen LogP) is 3.72. The molecule has 1 rings (SSSR count). The lowest BCUT2D eigenvalue weighted by Crippen LogP contribution is -2.14. The molecule has 0 fully saturated rings. The summed E-state index contributed by atoms with van der Waals surface area (Å²) in [6, 6.07) is 0. The lowest BCUT2D eigenvalue weighted by Gasteiger charge is -2.26. The Labute approximate surface area is 75.7 Å². The summed E-state index contributed by atoms with van der Waals surface area (Å²) in [5, 5.41) is 0. The van der Waals surface area contributed by atoms with Crippen molar-refractivity contribution in [2.75, 3.05) is 0 Å². The van der Waals surface area contributed by atoms with E-state index in [1.54, 1.807) is 5.57 Å². The second-order valence-electron chi connectivity index (χ2n) is 3.45. The third-order valence-corrected chi connectivity index (χ3v) is 2.79. The SMILES string of the molecule is C=CC1CC=C(CC)CC1C=C. The standard InChI is InChI=1S/C12H18/c1-4-10-7-8-11(5-2)12(6-3)9-10/h5-7,11-12H,2-4,8-9H2,1H3. The first-order chi connectivity index (χ1) is 5.81. The molecular weight excluding hydrogens is 144 g/mol. The molecular formula is C12H18. The van der Waals surface area contributed by atoms with Crippen LogP contribution in [0.4, 0.5) is 0 Å². The molecule has 2 unspecified atom stereocenters. The van der Waals surface area contributed by atoms with Crippen molar-refractivity contribution in [3.63, 3.8) is 0 Å². The maximum Gasteiger partial charge on any atom is -0.0133 e. The maximum absolute atomic E-state index is 3.88. The Bertz CT molecular complexity index is 198. The average molecular weight is 162 g/mol. The molecule has 0 bridgehead atoms. The van der Waals surface area contributed by atoms with Crippen molar-refractivity contribution in [1.29, 1.82) is 0 Å². The van der Waals surface area contributed by atoms with E-state index < -0.39 is 0 Å². The molecule has 0 N–H and O–H groups in total. The number of hydrogen-bond acceptors (Lipinski definition) is 0. The van der Waals surface area contributed by atoms with Crippen LogP contribution in [0.15, 0.2) is 37.0 Å². The number of allylic oxidation sites excluding steroid dienone is 4. The minimum Gasteiger partial charge on any atom is -0.103 e. The Kier molecular flexibility index (Phi) is 3.33. The molecule has 2 atom stereocenters. The molecule has 0 aliphatic heterocycles. The van der Waals surface area contributed by atoms with E-state index in [9.17, 15) is 0 Å². The zero-order chi connectivity index (χ0) is 8.97. The fourth-order valence-electron chi connectivity index (χ4n) is 1.83. The van der Waals surface area contributed by atoms with Gasteiger partial charge in [0.2, 0.25) is 0 Å². The van der Waals surface area contributed by atoms with Gasteiger partial charge in [0.05, 0.1) is 0 Å². The van der Waals surface area contributed by atoms with Gasteiger partial charge in [-0.2, -0.15) is 0 Å². The third kappa shape index (κ3) is 1.88. The predicted molar refractivity (Wildman–Crippen MR) is 55.0 cm³/mol. The highest BCUT2D eigenvalue weighted by molar-refractivity contribution is 5.13. The van der Waals surface area contributed by atoms with Gasteiger partial charge in [-0.25, -0.2) is 0 Å². The van der Waals surface area contributed by atoms with E-state index in [2.05, 4.69) is 38.3 Å². The van der Waals surface area contributed by atoms with Gasteiger partial charge in [-0.05, 0) is 31.1 Å². The lowest BCUT2D eigenvalue weighted by atomic mass is 9.79. The molecule has 1 aliphatic carbocycles. The van der Waals surface area contributed by atoms with E-state index in [0.717, 1.165) is 6.42 Å². The van der Waals surface area contributed by atoms with Crippen LogP contribution in [0.5, 0.6) is 0 Å². The van der Waals surface area contributed by atoms with Crippen molar-refractivity contribution >= 4 is 0 Å². The van der Waals surface area contributed by atoms with Gasteiger partial charge >= 0.3 is 0 Å². The Hall–Kier alpha value is -0.780. The second kappa shape index (κ2) is 4.30. The number of rotatable bonds is 3. The summed E-state index contributed by atoms with van der Waals surface area (Å²) in [6.07, 6.45) is 10.0. The van der Waals surface area contributed by atoms with Crippen LogP contribution in [0.3, 0.4) is 0 Å². The third-order valence-electron chi connectivity index (χ3n) is 2.79. The van der Waals surface area contributed by atoms with Crippen LogP contribution < -0.4 is 0 Å². The van der Waals surface area contributed by atoms with Crippen molar-refractivity contribution in [3.8, 4) is 0 Å². The Morgan fingerprint density at radius 2 is 2.08 bits per heavy atom. The van der Waals surface area contributed by atoms with E-state index in [1.807, 2.05) is 0 Å². The summed E-state index contributed by atoms with van der Waals surface area (Å²) >= 11 is 0. The van der Waals surface area contributed by atoms with Crippen molar-refractivity contribution in [3.05, 3.63) is 37.0 Å². The molecule has 0 aromatic heterocycles. The monoisotopic (exact) mass is 162 g/mol. The first kappa shape index (κ1) is 9.31. The van der Waals surface area contributed by atoms with E-state index in [4.69, 9.17) is 0 Å². The molecule has 0 nitrogen and oxygen atoms in total. The summed E-state index contributed by atoms with van der Waals surface area (Å²) < 4.78 is 0. The van der Waals surface area contributed by atoms with Gasteiger partial charge in [0.15, 0.2) is 0 Å². The van der Waals surface area contributed by atoms with Crippen LogP contribution in [0, 0.1) is 11.8 Å².